The van der Waals surface area contributed by atoms with E-state index in [0.717, 1.165) is 0 Å². The average molecular weight is 226 g/mol. The van der Waals surface area contributed by atoms with E-state index in [1.165, 1.54) is 6.39 Å². The van der Waals surface area contributed by atoms with Crippen LogP contribution in [0.5, 0.6) is 0 Å². The molecule has 2 heterocycles. The molecule has 0 radical (unpaired) electrons. The van der Waals surface area contributed by atoms with Gasteiger partial charge in [0.1, 0.15) is 0 Å². The Hall–Kier alpha value is -1.47. The van der Waals surface area contributed by atoms with Crippen LogP contribution in [0, 0.1) is 0 Å². The number of aromatic nitrogens is 2. The van der Waals surface area contributed by atoms with Crippen molar-refractivity contribution in [1.82, 2.24) is 15.5 Å². The molecule has 0 unspecified atom stereocenters. The van der Waals surface area contributed by atoms with Gasteiger partial charge in [-0.1, -0.05) is 5.16 Å². The number of hydrogen-bond acceptors (Lipinski definition) is 6. The van der Waals surface area contributed by atoms with Gasteiger partial charge in [0.15, 0.2) is 5.82 Å². The van der Waals surface area contributed by atoms with Gasteiger partial charge in [0.05, 0.1) is 12.1 Å². The maximum atomic E-state index is 11.8. The van der Waals surface area contributed by atoms with Crippen molar-refractivity contribution in [3.63, 3.8) is 0 Å². The molecule has 0 spiro atoms. The Morgan fingerprint density at radius 3 is 2.94 bits per heavy atom. The van der Waals surface area contributed by atoms with Gasteiger partial charge in [-0.15, -0.1) is 0 Å². The molecule has 0 aromatic carbocycles. The Kier molecular flexibility index (Phi) is 3.16. The number of ether oxygens (including phenoxy) is 1. The maximum Gasteiger partial charge on any atom is 0.240 e. The third-order valence-corrected chi connectivity index (χ3v) is 2.65. The summed E-state index contributed by atoms with van der Waals surface area (Å²) in [6, 6.07) is 0. The molecule has 1 aliphatic heterocycles. The largest absolute Gasteiger partial charge is 0.381 e. The van der Waals surface area contributed by atoms with Crippen molar-refractivity contribution in [3.8, 4) is 0 Å². The monoisotopic (exact) mass is 226 g/mol. The molecule has 0 atom stereocenters. The van der Waals surface area contributed by atoms with Gasteiger partial charge in [-0.05, 0) is 12.8 Å². The van der Waals surface area contributed by atoms with Crippen LogP contribution in [-0.4, -0.2) is 34.8 Å². The topological polar surface area (TPSA) is 103 Å². The summed E-state index contributed by atoms with van der Waals surface area (Å²) in [5.74, 6) is 0.240. The lowest BCUT2D eigenvalue weighted by Gasteiger charge is -2.31. The minimum absolute atomic E-state index is 0.194. The van der Waals surface area contributed by atoms with Crippen molar-refractivity contribution in [1.29, 1.82) is 0 Å². The quantitative estimate of drug-likeness (QED) is 0.699. The molecule has 1 amide bonds. The number of nitrogens with two attached hydrogens (primary N) is 1. The predicted molar refractivity (Wildman–Crippen MR) is 53.1 cm³/mol. The van der Waals surface area contributed by atoms with Crippen molar-refractivity contribution < 1.29 is 14.1 Å². The smallest absolute Gasteiger partial charge is 0.240 e. The van der Waals surface area contributed by atoms with Crippen molar-refractivity contribution in [2.45, 2.75) is 24.9 Å². The summed E-state index contributed by atoms with van der Waals surface area (Å²) in [4.78, 5) is 15.6. The maximum absolute atomic E-state index is 11.8. The van der Waals surface area contributed by atoms with Crippen LogP contribution < -0.4 is 11.1 Å². The number of carbonyl (C=O) groups is 1. The van der Waals surface area contributed by atoms with Crippen molar-refractivity contribution in [3.05, 3.63) is 12.2 Å². The van der Waals surface area contributed by atoms with Crippen LogP contribution in [0.1, 0.15) is 18.7 Å². The van der Waals surface area contributed by atoms with Crippen LogP contribution in [0.4, 0.5) is 0 Å². The molecular weight excluding hydrogens is 212 g/mol. The Morgan fingerprint density at radius 2 is 2.31 bits per heavy atom. The average Bonchev–Trinajstić information content (AvgIpc) is 2.79. The lowest BCUT2D eigenvalue weighted by Crippen LogP contribution is -2.56. The first kappa shape index (κ1) is 11.0. The normalized spacial score (nSPS) is 19.3. The van der Waals surface area contributed by atoms with Gasteiger partial charge in [-0.3, -0.25) is 4.79 Å². The van der Waals surface area contributed by atoms with E-state index >= 15 is 0 Å². The van der Waals surface area contributed by atoms with E-state index in [1.807, 2.05) is 0 Å². The van der Waals surface area contributed by atoms with Gasteiger partial charge < -0.3 is 20.3 Å². The molecule has 1 aromatic heterocycles. The number of rotatable bonds is 3. The fourth-order valence-electron chi connectivity index (χ4n) is 1.57. The summed E-state index contributed by atoms with van der Waals surface area (Å²) < 4.78 is 9.72. The molecule has 1 aromatic rings. The molecule has 1 saturated heterocycles. The number of carbonyl (C=O) groups excluding carboxylic acids is 1. The molecule has 7 heteroatoms. The Labute approximate surface area is 92.3 Å². The fraction of sp³-hybridized carbons (Fsp3) is 0.667. The van der Waals surface area contributed by atoms with Gasteiger partial charge in [0.25, 0.3) is 0 Å². The minimum Gasteiger partial charge on any atom is -0.381 e. The van der Waals surface area contributed by atoms with Crippen LogP contribution in [0.2, 0.25) is 0 Å². The van der Waals surface area contributed by atoms with E-state index in [4.69, 9.17) is 10.5 Å². The lowest BCUT2D eigenvalue weighted by atomic mass is 9.90. The van der Waals surface area contributed by atoms with Crippen molar-refractivity contribution >= 4 is 5.91 Å². The fourth-order valence-corrected chi connectivity index (χ4v) is 1.57. The van der Waals surface area contributed by atoms with Gasteiger partial charge >= 0.3 is 0 Å². The zero-order valence-corrected chi connectivity index (χ0v) is 8.81. The highest BCUT2D eigenvalue weighted by atomic mass is 16.5. The van der Waals surface area contributed by atoms with Crippen LogP contribution in [-0.2, 0) is 16.1 Å². The molecule has 1 aliphatic rings. The molecule has 16 heavy (non-hydrogen) atoms. The van der Waals surface area contributed by atoms with E-state index in [1.54, 1.807) is 0 Å². The summed E-state index contributed by atoms with van der Waals surface area (Å²) >= 11 is 0. The summed E-state index contributed by atoms with van der Waals surface area (Å²) in [6.07, 6.45) is 2.28. The third kappa shape index (κ3) is 2.37. The van der Waals surface area contributed by atoms with E-state index in [9.17, 15) is 4.79 Å². The summed E-state index contributed by atoms with van der Waals surface area (Å²) in [7, 11) is 0. The van der Waals surface area contributed by atoms with E-state index in [2.05, 4.69) is 20.0 Å². The number of amides is 1. The first-order valence-corrected chi connectivity index (χ1v) is 5.11. The SMILES string of the molecule is NC1(C(=O)NCc2ncon2)CCOCC1. The number of nitrogens with zero attached hydrogens (tertiary/aromatic N) is 2. The third-order valence-electron chi connectivity index (χ3n) is 2.65. The van der Waals surface area contributed by atoms with E-state index in [0.29, 0.717) is 31.9 Å². The van der Waals surface area contributed by atoms with Crippen LogP contribution in [0.25, 0.3) is 0 Å². The molecule has 1 fully saturated rings. The summed E-state index contributed by atoms with van der Waals surface area (Å²) in [5.41, 5.74) is 5.15. The molecule has 3 N–H and O–H groups in total. The molecule has 7 nitrogen and oxygen atoms in total. The molecule has 88 valence electrons. The first-order chi connectivity index (χ1) is 7.71. The summed E-state index contributed by atoms with van der Waals surface area (Å²) in [6.45, 7) is 1.27. The molecule has 0 bridgehead atoms. The molecule has 2 rings (SSSR count). The van der Waals surface area contributed by atoms with Crippen molar-refractivity contribution in [2.24, 2.45) is 5.73 Å². The zero-order valence-electron chi connectivity index (χ0n) is 8.81. The van der Waals surface area contributed by atoms with E-state index < -0.39 is 5.54 Å². The molecule has 0 aliphatic carbocycles. The second kappa shape index (κ2) is 4.58. The van der Waals surface area contributed by atoms with E-state index in [-0.39, 0.29) is 12.5 Å². The standard InChI is InChI=1S/C9H14N4O3/c10-9(1-3-15-4-2-9)8(14)11-5-7-12-6-16-13-7/h6H,1-5,10H2,(H,11,14). The Balaban J connectivity index is 1.87. The molecular formula is C9H14N4O3. The second-order valence-corrected chi connectivity index (χ2v) is 3.80. The number of hydrogen-bond donors (Lipinski definition) is 2. The van der Waals surface area contributed by atoms with Crippen LogP contribution in [0.3, 0.4) is 0 Å². The van der Waals surface area contributed by atoms with Crippen LogP contribution in [0.15, 0.2) is 10.9 Å². The van der Waals surface area contributed by atoms with Gasteiger partial charge in [0.2, 0.25) is 12.3 Å². The highest BCUT2D eigenvalue weighted by Gasteiger charge is 2.35. The van der Waals surface area contributed by atoms with Crippen molar-refractivity contribution in [2.75, 3.05) is 13.2 Å². The Morgan fingerprint density at radius 1 is 1.56 bits per heavy atom. The highest BCUT2D eigenvalue weighted by Crippen LogP contribution is 2.17. The van der Waals surface area contributed by atoms with Gasteiger partial charge in [0, 0.05) is 13.2 Å². The van der Waals surface area contributed by atoms with Gasteiger partial charge in [-0.2, -0.15) is 4.98 Å². The zero-order chi connectivity index (χ0) is 11.4. The highest BCUT2D eigenvalue weighted by molar-refractivity contribution is 5.86. The lowest BCUT2D eigenvalue weighted by molar-refractivity contribution is -0.129. The van der Waals surface area contributed by atoms with Crippen LogP contribution >= 0.6 is 0 Å². The van der Waals surface area contributed by atoms with Gasteiger partial charge in [-0.25, -0.2) is 0 Å². The minimum atomic E-state index is -0.831. The molecule has 0 saturated carbocycles. The summed E-state index contributed by atoms with van der Waals surface area (Å²) in [5, 5.41) is 6.28. The number of nitrogens with one attached hydrogen (secondary N) is 1. The predicted octanol–water partition coefficient (Wildman–Crippen LogP) is -0.806. The Bertz CT molecular complexity index is 346. The first-order valence-electron chi connectivity index (χ1n) is 5.11. The second-order valence-electron chi connectivity index (χ2n) is 3.80.